The van der Waals surface area contributed by atoms with Crippen LogP contribution in [0.5, 0.6) is 0 Å². The predicted molar refractivity (Wildman–Crippen MR) is 113 cm³/mol. The maximum absolute atomic E-state index is 13.6. The van der Waals surface area contributed by atoms with Gasteiger partial charge in [-0.05, 0) is 36.4 Å². The van der Waals surface area contributed by atoms with E-state index >= 15 is 0 Å². The number of hydrogen-bond donors (Lipinski definition) is 2. The molecule has 0 spiro atoms. The molecule has 0 saturated heterocycles. The Balaban J connectivity index is 1.37. The first-order chi connectivity index (χ1) is 14.9. The summed E-state index contributed by atoms with van der Waals surface area (Å²) in [6.45, 7) is 0.139. The van der Waals surface area contributed by atoms with E-state index in [-0.39, 0.29) is 6.54 Å². The summed E-state index contributed by atoms with van der Waals surface area (Å²) in [7, 11) is 0. The molecule has 7 nitrogen and oxygen atoms in total. The number of rotatable bonds is 5. The average Bonchev–Trinajstić information content (AvgIpc) is 3.33. The molecule has 0 aliphatic heterocycles. The molecule has 0 saturated carbocycles. The van der Waals surface area contributed by atoms with E-state index in [2.05, 4.69) is 15.4 Å². The molecule has 2 amide bonds. The monoisotopic (exact) mass is 461 g/mol. The number of carbonyl (C=O) groups excluding carboxylic acids is 2. The Labute approximate surface area is 183 Å². The van der Waals surface area contributed by atoms with Crippen molar-refractivity contribution in [3.8, 4) is 11.4 Å². The zero-order valence-corrected chi connectivity index (χ0v) is 17.3. The number of amides is 2. The second-order valence-corrected chi connectivity index (χ2v) is 7.72. The van der Waals surface area contributed by atoms with Gasteiger partial charge >= 0.3 is 11.8 Å². The molecule has 2 N–H and O–H groups in total. The van der Waals surface area contributed by atoms with Crippen LogP contribution in [0.3, 0.4) is 0 Å². The highest BCUT2D eigenvalue weighted by atomic mass is 35.5. The number of aromatic nitrogens is 3. The number of benzene rings is 2. The second kappa shape index (κ2) is 8.78. The zero-order valence-electron chi connectivity index (χ0n) is 15.7. The van der Waals surface area contributed by atoms with Crippen LogP contribution in [0.4, 0.5) is 14.5 Å². The molecule has 2 heterocycles. The van der Waals surface area contributed by atoms with Gasteiger partial charge in [-0.3, -0.25) is 9.59 Å². The van der Waals surface area contributed by atoms with Crippen molar-refractivity contribution in [2.24, 2.45) is 0 Å². The van der Waals surface area contributed by atoms with Gasteiger partial charge in [0.05, 0.1) is 11.4 Å². The fraction of sp³-hybridized carbons (Fsp3) is 0.100. The van der Waals surface area contributed by atoms with Crippen molar-refractivity contribution in [3.05, 3.63) is 70.2 Å². The van der Waals surface area contributed by atoms with Gasteiger partial charge in [-0.2, -0.15) is 4.98 Å². The third kappa shape index (κ3) is 4.70. The van der Waals surface area contributed by atoms with Crippen LogP contribution in [0, 0.1) is 11.6 Å². The van der Waals surface area contributed by atoms with E-state index in [1.165, 1.54) is 11.3 Å². The van der Waals surface area contributed by atoms with Crippen molar-refractivity contribution in [2.45, 2.75) is 6.42 Å². The summed E-state index contributed by atoms with van der Waals surface area (Å²) in [5.74, 6) is -3.08. The number of nitrogens with zero attached hydrogens (tertiary/aromatic N) is 3. The first-order valence-electron chi connectivity index (χ1n) is 9.04. The van der Waals surface area contributed by atoms with Crippen LogP contribution < -0.4 is 10.6 Å². The Kier molecular flexibility index (Phi) is 5.92. The maximum Gasteiger partial charge on any atom is 0.313 e. The normalized spacial score (nSPS) is 10.9. The molecule has 31 heavy (non-hydrogen) atoms. The predicted octanol–water partition coefficient (Wildman–Crippen LogP) is 3.69. The number of thiazole rings is 1. The number of fused-ring (bicyclic) bond motifs is 1. The first kappa shape index (κ1) is 20.9. The third-order valence-corrected chi connectivity index (χ3v) is 5.42. The van der Waals surface area contributed by atoms with Gasteiger partial charge < -0.3 is 10.6 Å². The molecule has 2 aromatic heterocycles. The Bertz CT molecular complexity index is 1270. The molecule has 0 unspecified atom stereocenters. The molecule has 11 heteroatoms. The van der Waals surface area contributed by atoms with E-state index in [1.807, 2.05) is 22.8 Å². The zero-order chi connectivity index (χ0) is 22.0. The summed E-state index contributed by atoms with van der Waals surface area (Å²) in [4.78, 5) is 29.1. The van der Waals surface area contributed by atoms with Crippen LogP contribution in [-0.4, -0.2) is 33.0 Å². The molecule has 0 radical (unpaired) electrons. The second-order valence-electron chi connectivity index (χ2n) is 6.45. The van der Waals surface area contributed by atoms with Crippen molar-refractivity contribution >= 4 is 45.4 Å². The van der Waals surface area contributed by atoms with Crippen LogP contribution in [0.1, 0.15) is 5.69 Å². The highest BCUT2D eigenvalue weighted by molar-refractivity contribution is 7.15. The maximum atomic E-state index is 13.6. The Morgan fingerprint density at radius 2 is 1.87 bits per heavy atom. The lowest BCUT2D eigenvalue weighted by Crippen LogP contribution is -2.36. The van der Waals surface area contributed by atoms with Crippen molar-refractivity contribution in [2.75, 3.05) is 11.9 Å². The summed E-state index contributed by atoms with van der Waals surface area (Å²) < 4.78 is 28.4. The van der Waals surface area contributed by atoms with Crippen LogP contribution in [0.2, 0.25) is 5.02 Å². The van der Waals surface area contributed by atoms with Crippen molar-refractivity contribution in [3.63, 3.8) is 0 Å². The van der Waals surface area contributed by atoms with Crippen molar-refractivity contribution in [1.29, 1.82) is 0 Å². The minimum absolute atomic E-state index is 0.139. The van der Waals surface area contributed by atoms with E-state index < -0.39 is 29.1 Å². The number of carbonyl (C=O) groups is 2. The molecule has 0 bridgehead atoms. The standard InChI is InChI=1S/C20H14ClF2N5O2S/c21-12-3-1-11(2-4-12)17-26-20-28(27-17)14(10-31-20)7-8-24-18(29)19(30)25-16-9-13(22)5-6-15(16)23/h1-6,9-10H,7-8H2,(H,24,29)(H,25,30). The van der Waals surface area contributed by atoms with Crippen LogP contribution in [-0.2, 0) is 16.0 Å². The summed E-state index contributed by atoms with van der Waals surface area (Å²) in [6, 6.07) is 9.72. The molecule has 158 valence electrons. The van der Waals surface area contributed by atoms with Gasteiger partial charge in [-0.1, -0.05) is 11.6 Å². The summed E-state index contributed by atoms with van der Waals surface area (Å²) >= 11 is 7.30. The summed E-state index contributed by atoms with van der Waals surface area (Å²) in [6.07, 6.45) is 0.386. The molecular weight excluding hydrogens is 448 g/mol. The van der Waals surface area contributed by atoms with E-state index in [0.717, 1.165) is 29.5 Å². The van der Waals surface area contributed by atoms with Crippen molar-refractivity contribution in [1.82, 2.24) is 19.9 Å². The average molecular weight is 462 g/mol. The SMILES string of the molecule is O=C(NCCc1csc2nc(-c3ccc(Cl)cc3)nn12)C(=O)Nc1cc(F)ccc1F. The van der Waals surface area contributed by atoms with Crippen LogP contribution in [0.25, 0.3) is 16.3 Å². The summed E-state index contributed by atoms with van der Waals surface area (Å²) in [5.41, 5.74) is 1.21. The van der Waals surface area contributed by atoms with Gasteiger partial charge in [-0.15, -0.1) is 16.4 Å². The topological polar surface area (TPSA) is 88.4 Å². The van der Waals surface area contributed by atoms with E-state index in [4.69, 9.17) is 11.6 Å². The van der Waals surface area contributed by atoms with Crippen LogP contribution in [0.15, 0.2) is 47.8 Å². The fourth-order valence-corrected chi connectivity index (χ4v) is 3.76. The van der Waals surface area contributed by atoms with Gasteiger partial charge in [0.1, 0.15) is 11.6 Å². The summed E-state index contributed by atoms with van der Waals surface area (Å²) in [5, 5.41) is 11.4. The molecule has 0 aliphatic carbocycles. The smallest absolute Gasteiger partial charge is 0.313 e. The number of hydrogen-bond acceptors (Lipinski definition) is 5. The fourth-order valence-electron chi connectivity index (χ4n) is 2.77. The van der Waals surface area contributed by atoms with Gasteiger partial charge in [0.25, 0.3) is 0 Å². The van der Waals surface area contributed by atoms with Gasteiger partial charge in [-0.25, -0.2) is 13.3 Å². The number of anilines is 1. The molecular formula is C20H14ClF2N5O2S. The van der Waals surface area contributed by atoms with E-state index in [0.29, 0.717) is 22.2 Å². The Morgan fingerprint density at radius 3 is 2.65 bits per heavy atom. The van der Waals surface area contributed by atoms with E-state index in [1.54, 1.807) is 16.6 Å². The minimum Gasteiger partial charge on any atom is -0.347 e. The molecule has 0 atom stereocenters. The number of nitrogens with one attached hydrogen (secondary N) is 2. The first-order valence-corrected chi connectivity index (χ1v) is 10.3. The molecule has 4 rings (SSSR count). The highest BCUT2D eigenvalue weighted by Gasteiger charge is 2.17. The third-order valence-electron chi connectivity index (χ3n) is 4.30. The minimum atomic E-state index is -1.09. The Morgan fingerprint density at radius 1 is 1.10 bits per heavy atom. The largest absolute Gasteiger partial charge is 0.347 e. The molecule has 4 aromatic rings. The molecule has 0 aliphatic rings. The lowest BCUT2D eigenvalue weighted by Gasteiger charge is -2.07. The van der Waals surface area contributed by atoms with Gasteiger partial charge in [0.2, 0.25) is 4.96 Å². The molecule has 0 fully saturated rings. The lowest BCUT2D eigenvalue weighted by molar-refractivity contribution is -0.136. The number of halogens is 3. The lowest BCUT2D eigenvalue weighted by atomic mass is 10.2. The van der Waals surface area contributed by atoms with Crippen LogP contribution >= 0.6 is 22.9 Å². The van der Waals surface area contributed by atoms with Gasteiger partial charge in [0.15, 0.2) is 5.82 Å². The quantitative estimate of drug-likeness (QED) is 0.444. The van der Waals surface area contributed by atoms with E-state index in [9.17, 15) is 18.4 Å². The van der Waals surface area contributed by atoms with Gasteiger partial charge in [0, 0.05) is 35.0 Å². The molecule has 2 aromatic carbocycles. The van der Waals surface area contributed by atoms with Crippen molar-refractivity contribution < 1.29 is 18.4 Å². The highest BCUT2D eigenvalue weighted by Crippen LogP contribution is 2.22. The Hall–Kier alpha value is -3.37.